The number of nitrogens with zero attached hydrogens (tertiary/aromatic N) is 3. The summed E-state index contributed by atoms with van der Waals surface area (Å²) in [5.74, 6) is 0.255. The lowest BCUT2D eigenvalue weighted by Crippen LogP contribution is -2.45. The fourth-order valence-electron chi connectivity index (χ4n) is 6.09. The number of piperidine rings is 1. The van der Waals surface area contributed by atoms with Crippen LogP contribution in [-0.4, -0.2) is 55.7 Å². The number of anilines is 2. The molecule has 0 bridgehead atoms. The molecule has 0 spiro atoms. The zero-order valence-corrected chi connectivity index (χ0v) is 20.8. The molecule has 2 aromatic rings. The Morgan fingerprint density at radius 1 is 0.941 bits per heavy atom. The normalized spacial score (nSPS) is 23.5. The number of aryl methyl sites for hydroxylation is 1. The molecule has 1 atom stereocenters. The standard InChI is InChI=1S/C29H39N3O2/c1-22-7-12-27(31-18-16-30(2)17-19-31)24(20-22)21-23-6-5-15-32(28(23)33)26-10-8-25(9-11-26)29(34)13-3-4-14-29/h7-12,20,23,34H,3-6,13-19,21H2,1-2H3. The highest BCUT2D eigenvalue weighted by molar-refractivity contribution is 5.96. The maximum atomic E-state index is 13.6. The number of hydrogen-bond acceptors (Lipinski definition) is 4. The van der Waals surface area contributed by atoms with Crippen LogP contribution in [0.2, 0.25) is 0 Å². The van der Waals surface area contributed by atoms with Crippen LogP contribution >= 0.6 is 0 Å². The van der Waals surface area contributed by atoms with E-state index in [0.717, 1.165) is 88.9 Å². The topological polar surface area (TPSA) is 47.0 Å². The van der Waals surface area contributed by atoms with Gasteiger partial charge in [0.2, 0.25) is 5.91 Å². The van der Waals surface area contributed by atoms with Crippen molar-refractivity contribution < 1.29 is 9.90 Å². The molecule has 182 valence electrons. The first-order valence-corrected chi connectivity index (χ1v) is 13.1. The van der Waals surface area contributed by atoms with Gasteiger partial charge in [-0.3, -0.25) is 4.79 Å². The second-order valence-electron chi connectivity index (χ2n) is 10.7. The molecule has 1 aliphatic carbocycles. The molecule has 2 heterocycles. The van der Waals surface area contributed by atoms with E-state index in [2.05, 4.69) is 42.0 Å². The Bertz CT molecular complexity index is 1000. The SMILES string of the molecule is Cc1ccc(N2CCN(C)CC2)c(CC2CCCN(c3ccc(C4(O)CCCC4)cc3)C2=O)c1. The number of hydrogen-bond donors (Lipinski definition) is 1. The van der Waals surface area contributed by atoms with Crippen LogP contribution in [0.15, 0.2) is 42.5 Å². The molecule has 3 fully saturated rings. The molecule has 0 radical (unpaired) electrons. The predicted molar refractivity (Wildman–Crippen MR) is 138 cm³/mol. The Morgan fingerprint density at radius 3 is 2.35 bits per heavy atom. The molecule has 34 heavy (non-hydrogen) atoms. The van der Waals surface area contributed by atoms with Crippen LogP contribution in [0.1, 0.15) is 55.2 Å². The largest absolute Gasteiger partial charge is 0.385 e. The quantitative estimate of drug-likeness (QED) is 0.713. The second-order valence-corrected chi connectivity index (χ2v) is 10.7. The van der Waals surface area contributed by atoms with Crippen molar-refractivity contribution in [3.8, 4) is 0 Å². The summed E-state index contributed by atoms with van der Waals surface area (Å²) in [6.45, 7) is 7.15. The molecule has 1 amide bonds. The number of aliphatic hydroxyl groups is 1. The number of carbonyl (C=O) groups is 1. The van der Waals surface area contributed by atoms with Gasteiger partial charge in [0.15, 0.2) is 0 Å². The summed E-state index contributed by atoms with van der Waals surface area (Å²) in [4.78, 5) is 20.5. The number of rotatable bonds is 5. The molecule has 5 nitrogen and oxygen atoms in total. The van der Waals surface area contributed by atoms with Gasteiger partial charge in [-0.25, -0.2) is 0 Å². The van der Waals surface area contributed by atoms with E-state index in [1.807, 2.05) is 29.2 Å². The van der Waals surface area contributed by atoms with Crippen molar-refractivity contribution in [3.05, 3.63) is 59.2 Å². The van der Waals surface area contributed by atoms with Gasteiger partial charge in [0.1, 0.15) is 0 Å². The summed E-state index contributed by atoms with van der Waals surface area (Å²) in [6.07, 6.45) is 6.61. The lowest BCUT2D eigenvalue weighted by atomic mass is 9.88. The fraction of sp³-hybridized carbons (Fsp3) is 0.552. The fourth-order valence-corrected chi connectivity index (χ4v) is 6.09. The van der Waals surface area contributed by atoms with E-state index >= 15 is 0 Å². The number of piperazine rings is 1. The van der Waals surface area contributed by atoms with Crippen molar-refractivity contribution in [3.63, 3.8) is 0 Å². The molecule has 0 aromatic heterocycles. The zero-order valence-electron chi connectivity index (χ0n) is 20.8. The Labute approximate surface area is 204 Å². The first-order chi connectivity index (χ1) is 16.4. The van der Waals surface area contributed by atoms with Crippen molar-refractivity contribution in [1.82, 2.24) is 4.90 Å². The van der Waals surface area contributed by atoms with E-state index in [9.17, 15) is 9.90 Å². The monoisotopic (exact) mass is 461 g/mol. The van der Waals surface area contributed by atoms with Crippen LogP contribution in [0, 0.1) is 12.8 Å². The predicted octanol–water partition coefficient (Wildman–Crippen LogP) is 4.49. The first kappa shape index (κ1) is 23.4. The van der Waals surface area contributed by atoms with Crippen LogP contribution in [0.3, 0.4) is 0 Å². The third-order valence-corrected chi connectivity index (χ3v) is 8.24. The highest BCUT2D eigenvalue weighted by Crippen LogP contribution is 2.39. The van der Waals surface area contributed by atoms with E-state index in [-0.39, 0.29) is 11.8 Å². The van der Waals surface area contributed by atoms with E-state index in [0.29, 0.717) is 0 Å². The highest BCUT2D eigenvalue weighted by atomic mass is 16.3. The van der Waals surface area contributed by atoms with Gasteiger partial charge >= 0.3 is 0 Å². The van der Waals surface area contributed by atoms with Gasteiger partial charge < -0.3 is 19.8 Å². The Balaban J connectivity index is 1.32. The minimum absolute atomic E-state index is 0.0143. The van der Waals surface area contributed by atoms with Crippen LogP contribution in [0.5, 0.6) is 0 Å². The molecule has 1 saturated carbocycles. The minimum atomic E-state index is -0.683. The van der Waals surface area contributed by atoms with E-state index in [1.54, 1.807) is 0 Å². The van der Waals surface area contributed by atoms with Crippen molar-refractivity contribution in [2.75, 3.05) is 49.6 Å². The summed E-state index contributed by atoms with van der Waals surface area (Å²) in [5, 5.41) is 10.9. The molecule has 1 N–H and O–H groups in total. The van der Waals surface area contributed by atoms with Crippen LogP contribution in [0.25, 0.3) is 0 Å². The molecule has 5 heteroatoms. The Hall–Kier alpha value is -2.37. The zero-order chi connectivity index (χ0) is 23.7. The molecular formula is C29H39N3O2. The molecule has 2 aliphatic heterocycles. The number of likely N-dealkylation sites (N-methyl/N-ethyl adjacent to an activating group) is 1. The maximum Gasteiger partial charge on any atom is 0.230 e. The maximum absolute atomic E-state index is 13.6. The average molecular weight is 462 g/mol. The van der Waals surface area contributed by atoms with E-state index in [1.165, 1.54) is 16.8 Å². The number of carbonyl (C=O) groups excluding carboxylic acids is 1. The summed E-state index contributed by atoms with van der Waals surface area (Å²) in [5.41, 5.74) is 5.14. The number of benzene rings is 2. The van der Waals surface area contributed by atoms with Gasteiger partial charge in [-0.05, 0) is 75.4 Å². The second kappa shape index (κ2) is 9.71. The lowest BCUT2D eigenvalue weighted by Gasteiger charge is -2.37. The molecule has 5 rings (SSSR count). The van der Waals surface area contributed by atoms with E-state index in [4.69, 9.17) is 0 Å². The highest BCUT2D eigenvalue weighted by Gasteiger charge is 2.34. The molecule has 2 saturated heterocycles. The summed E-state index contributed by atoms with van der Waals surface area (Å²) in [7, 11) is 2.18. The molecule has 2 aromatic carbocycles. The summed E-state index contributed by atoms with van der Waals surface area (Å²) < 4.78 is 0. The summed E-state index contributed by atoms with van der Waals surface area (Å²) >= 11 is 0. The average Bonchev–Trinajstić information content (AvgIpc) is 3.29. The van der Waals surface area contributed by atoms with Gasteiger partial charge in [0.05, 0.1) is 5.60 Å². The van der Waals surface area contributed by atoms with Gasteiger partial charge in [0, 0.05) is 50.0 Å². The number of amides is 1. The van der Waals surface area contributed by atoms with Crippen molar-refractivity contribution >= 4 is 17.3 Å². The molecule has 3 aliphatic rings. The van der Waals surface area contributed by atoms with Gasteiger partial charge in [-0.15, -0.1) is 0 Å². The van der Waals surface area contributed by atoms with Gasteiger partial charge in [-0.2, -0.15) is 0 Å². The van der Waals surface area contributed by atoms with Crippen molar-refractivity contribution in [1.29, 1.82) is 0 Å². The Morgan fingerprint density at radius 2 is 1.65 bits per heavy atom. The van der Waals surface area contributed by atoms with Gasteiger partial charge in [-0.1, -0.05) is 42.7 Å². The van der Waals surface area contributed by atoms with Gasteiger partial charge in [0.25, 0.3) is 0 Å². The van der Waals surface area contributed by atoms with Crippen LogP contribution < -0.4 is 9.80 Å². The van der Waals surface area contributed by atoms with Crippen LogP contribution in [-0.2, 0) is 16.8 Å². The van der Waals surface area contributed by atoms with Crippen molar-refractivity contribution in [2.24, 2.45) is 5.92 Å². The minimum Gasteiger partial charge on any atom is -0.385 e. The molecular weight excluding hydrogens is 422 g/mol. The third-order valence-electron chi connectivity index (χ3n) is 8.24. The van der Waals surface area contributed by atoms with Crippen LogP contribution in [0.4, 0.5) is 11.4 Å². The van der Waals surface area contributed by atoms with E-state index < -0.39 is 5.60 Å². The smallest absolute Gasteiger partial charge is 0.230 e. The first-order valence-electron chi connectivity index (χ1n) is 13.1. The molecule has 1 unspecified atom stereocenters. The third kappa shape index (κ3) is 4.73. The van der Waals surface area contributed by atoms with Crippen molar-refractivity contribution in [2.45, 2.75) is 57.5 Å². The lowest BCUT2D eigenvalue weighted by molar-refractivity contribution is -0.123. The Kier molecular flexibility index (Phi) is 6.67. The summed E-state index contributed by atoms with van der Waals surface area (Å²) in [6, 6.07) is 14.9.